The largest absolute Gasteiger partial charge is 0.370 e. The van der Waals surface area contributed by atoms with Gasteiger partial charge in [0.1, 0.15) is 0 Å². The lowest BCUT2D eigenvalue weighted by molar-refractivity contribution is 0.0692. The van der Waals surface area contributed by atoms with Gasteiger partial charge < -0.3 is 20.4 Å². The summed E-state index contributed by atoms with van der Waals surface area (Å²) in [6, 6.07) is 12.3. The van der Waals surface area contributed by atoms with Crippen molar-refractivity contribution in [1.82, 2.24) is 19.6 Å². The van der Waals surface area contributed by atoms with E-state index in [0.29, 0.717) is 35.4 Å². The molecule has 1 saturated carbocycles. The predicted octanol–water partition coefficient (Wildman–Crippen LogP) is 6.64. The number of nitrogens with two attached hydrogens (primary N) is 1. The van der Waals surface area contributed by atoms with E-state index in [2.05, 4.69) is 96.5 Å². The van der Waals surface area contributed by atoms with Crippen molar-refractivity contribution in [2.45, 2.75) is 130 Å². The van der Waals surface area contributed by atoms with E-state index < -0.39 is 0 Å². The van der Waals surface area contributed by atoms with E-state index in [1.807, 2.05) is 0 Å². The van der Waals surface area contributed by atoms with Crippen molar-refractivity contribution in [3.63, 3.8) is 0 Å². The molecule has 3 N–H and O–H groups in total. The number of hydrogen-bond acceptors (Lipinski definition) is 5. The molecule has 3 fully saturated rings. The fourth-order valence-corrected chi connectivity index (χ4v) is 8.79. The zero-order chi connectivity index (χ0) is 31.4. The van der Waals surface area contributed by atoms with Crippen LogP contribution in [0, 0.1) is 28.6 Å². The van der Waals surface area contributed by atoms with Gasteiger partial charge in [0.05, 0.1) is 18.8 Å². The van der Waals surface area contributed by atoms with Crippen LogP contribution in [0.1, 0.15) is 105 Å². The number of guanidine groups is 2. The van der Waals surface area contributed by atoms with Crippen LogP contribution in [0.25, 0.3) is 0 Å². The molecule has 1 aromatic carbocycles. The average molecular weight is 606 g/mol. The third-order valence-electron chi connectivity index (χ3n) is 11.3. The number of benzene rings is 1. The average Bonchev–Trinajstić information content (AvgIpc) is 3.67. The molecule has 0 bridgehead atoms. The molecular weight excluding hydrogens is 542 g/mol. The molecule has 7 nitrogen and oxygen atoms in total. The summed E-state index contributed by atoms with van der Waals surface area (Å²) in [5, 5.41) is 9.70. The maximum Gasteiger partial charge on any atom is 0.195 e. The minimum Gasteiger partial charge on any atom is -0.370 e. The van der Waals surface area contributed by atoms with Gasteiger partial charge in [-0.1, -0.05) is 78.3 Å². The minimum absolute atomic E-state index is 0.183. The SMILES string of the molecule is CCC[C@@H]1CN([C@H](Cc2ccccc2)N2CCC[C@H]2CN2C(N)=NC[C@H]2CC(C)C)C(=N)N1CC1CCC(C(C)(C)C)CC1. The van der Waals surface area contributed by atoms with E-state index in [0.717, 1.165) is 69.8 Å². The Morgan fingerprint density at radius 2 is 1.68 bits per heavy atom. The van der Waals surface area contributed by atoms with Gasteiger partial charge in [0.25, 0.3) is 0 Å². The van der Waals surface area contributed by atoms with Gasteiger partial charge in [0.15, 0.2) is 11.9 Å². The zero-order valence-corrected chi connectivity index (χ0v) is 28.8. The molecule has 1 aliphatic carbocycles. The Hall–Kier alpha value is -2.28. The van der Waals surface area contributed by atoms with E-state index >= 15 is 0 Å². The van der Waals surface area contributed by atoms with Gasteiger partial charge in [-0.3, -0.25) is 15.3 Å². The second-order valence-corrected chi connectivity index (χ2v) is 16.0. The number of aliphatic imine (C=N–C) groups is 1. The standard InChI is InChI=1S/C37H63N7/c1-7-12-31-26-44(36(39)43(31)24-29-16-18-30(19-17-29)37(4,5)6)34(22-28-13-9-8-10-14-28)41-20-11-15-32(41)25-42-33(21-27(2)3)23-40-35(42)38/h8-10,13-14,27,29-34,39H,7,11-12,15-26H2,1-6H3,(H2,38,40)/t29?,30?,31-,32+,33-,34-/m1/s1. The van der Waals surface area contributed by atoms with E-state index in [4.69, 9.17) is 5.73 Å². The molecule has 3 heterocycles. The van der Waals surface area contributed by atoms with Crippen LogP contribution < -0.4 is 5.73 Å². The summed E-state index contributed by atoms with van der Waals surface area (Å²) in [4.78, 5) is 14.9. The second-order valence-electron chi connectivity index (χ2n) is 16.0. The second kappa shape index (κ2) is 14.4. The van der Waals surface area contributed by atoms with Crippen molar-refractivity contribution in [2.24, 2.45) is 33.9 Å². The lowest BCUT2D eigenvalue weighted by Gasteiger charge is -2.42. The number of nitrogens with one attached hydrogen (secondary N) is 1. The van der Waals surface area contributed by atoms with E-state index in [9.17, 15) is 5.41 Å². The fourth-order valence-electron chi connectivity index (χ4n) is 8.79. The Kier molecular flexibility index (Phi) is 10.9. The number of hydrogen-bond donors (Lipinski definition) is 2. The minimum atomic E-state index is 0.183. The molecule has 0 radical (unpaired) electrons. The van der Waals surface area contributed by atoms with Crippen molar-refractivity contribution < 1.29 is 0 Å². The first-order valence-corrected chi connectivity index (χ1v) is 18.0. The molecule has 4 aliphatic rings. The summed E-state index contributed by atoms with van der Waals surface area (Å²) in [5.41, 5.74) is 8.28. The molecule has 44 heavy (non-hydrogen) atoms. The molecule has 246 valence electrons. The summed E-state index contributed by atoms with van der Waals surface area (Å²) in [5.74, 6) is 3.66. The third kappa shape index (κ3) is 7.74. The summed E-state index contributed by atoms with van der Waals surface area (Å²) in [6.45, 7) is 19.0. The molecule has 7 heteroatoms. The highest BCUT2D eigenvalue weighted by atomic mass is 15.5. The molecule has 0 aromatic heterocycles. The highest BCUT2D eigenvalue weighted by Gasteiger charge is 2.44. The van der Waals surface area contributed by atoms with Gasteiger partial charge in [0, 0.05) is 44.7 Å². The first-order valence-electron chi connectivity index (χ1n) is 18.0. The Labute approximate surface area is 269 Å². The number of rotatable bonds is 12. The summed E-state index contributed by atoms with van der Waals surface area (Å²) in [6.07, 6.45) is 12.3. The van der Waals surface area contributed by atoms with Crippen molar-refractivity contribution in [2.75, 3.05) is 32.7 Å². The molecule has 0 spiro atoms. The first kappa shape index (κ1) is 33.1. The van der Waals surface area contributed by atoms with Crippen molar-refractivity contribution in [3.8, 4) is 0 Å². The van der Waals surface area contributed by atoms with Crippen LogP contribution in [-0.4, -0.2) is 88.5 Å². The van der Waals surface area contributed by atoms with Crippen LogP contribution in [-0.2, 0) is 6.42 Å². The van der Waals surface area contributed by atoms with Crippen molar-refractivity contribution >= 4 is 11.9 Å². The lowest BCUT2D eigenvalue weighted by Crippen LogP contribution is -2.56. The number of likely N-dealkylation sites (tertiary alicyclic amines) is 1. The van der Waals surface area contributed by atoms with Gasteiger partial charge in [-0.2, -0.15) is 0 Å². The van der Waals surface area contributed by atoms with E-state index in [1.165, 1.54) is 50.5 Å². The quantitative estimate of drug-likeness (QED) is 0.280. The van der Waals surface area contributed by atoms with Crippen LogP contribution in [0.4, 0.5) is 0 Å². The summed E-state index contributed by atoms with van der Waals surface area (Å²) < 4.78 is 0. The zero-order valence-electron chi connectivity index (χ0n) is 28.8. The molecule has 5 rings (SSSR count). The van der Waals surface area contributed by atoms with Gasteiger partial charge >= 0.3 is 0 Å². The first-order chi connectivity index (χ1) is 21.0. The van der Waals surface area contributed by atoms with Crippen LogP contribution in [0.5, 0.6) is 0 Å². The fraction of sp³-hybridized carbons (Fsp3) is 0.784. The monoisotopic (exact) mass is 606 g/mol. The lowest BCUT2D eigenvalue weighted by atomic mass is 9.70. The van der Waals surface area contributed by atoms with E-state index in [1.54, 1.807) is 0 Å². The normalized spacial score (nSPS) is 29.2. The molecule has 0 amide bonds. The molecule has 0 unspecified atom stereocenters. The molecule has 3 aliphatic heterocycles. The van der Waals surface area contributed by atoms with Gasteiger partial charge in [-0.25, -0.2) is 0 Å². The van der Waals surface area contributed by atoms with Crippen LogP contribution in [0.15, 0.2) is 35.3 Å². The Bertz CT molecular complexity index is 1090. The Balaban J connectivity index is 1.35. The molecule has 1 aromatic rings. The maximum absolute atomic E-state index is 9.70. The van der Waals surface area contributed by atoms with Crippen LogP contribution in [0.2, 0.25) is 0 Å². The predicted molar refractivity (Wildman–Crippen MR) is 185 cm³/mol. The van der Waals surface area contributed by atoms with Gasteiger partial charge in [0.2, 0.25) is 0 Å². The number of nitrogens with zero attached hydrogens (tertiary/aromatic N) is 5. The molecule has 2 saturated heterocycles. The summed E-state index contributed by atoms with van der Waals surface area (Å²) in [7, 11) is 0. The van der Waals surface area contributed by atoms with E-state index in [-0.39, 0.29) is 6.17 Å². The van der Waals surface area contributed by atoms with Gasteiger partial charge in [-0.15, -0.1) is 0 Å². The van der Waals surface area contributed by atoms with Crippen molar-refractivity contribution in [1.29, 1.82) is 5.41 Å². The Morgan fingerprint density at radius 3 is 2.34 bits per heavy atom. The Morgan fingerprint density at radius 1 is 0.955 bits per heavy atom. The maximum atomic E-state index is 9.70. The highest BCUT2D eigenvalue weighted by Crippen LogP contribution is 2.41. The van der Waals surface area contributed by atoms with Crippen LogP contribution >= 0.6 is 0 Å². The summed E-state index contributed by atoms with van der Waals surface area (Å²) >= 11 is 0. The molecule has 4 atom stereocenters. The smallest absolute Gasteiger partial charge is 0.195 e. The highest BCUT2D eigenvalue weighted by molar-refractivity contribution is 5.80. The third-order valence-corrected chi connectivity index (χ3v) is 11.3. The van der Waals surface area contributed by atoms with Crippen molar-refractivity contribution in [3.05, 3.63) is 35.9 Å². The van der Waals surface area contributed by atoms with Crippen LogP contribution in [0.3, 0.4) is 0 Å². The molecular formula is C37H63N7. The topological polar surface area (TPSA) is 75.2 Å². The van der Waals surface area contributed by atoms with Gasteiger partial charge in [-0.05, 0) is 80.1 Å².